The first kappa shape index (κ1) is 23.3. The third-order valence-electron chi connectivity index (χ3n) is 6.11. The maximum atomic E-state index is 14.6. The van der Waals surface area contributed by atoms with Crippen molar-refractivity contribution >= 4 is 28.8 Å². The molecule has 11 heteroatoms. The third-order valence-corrected chi connectivity index (χ3v) is 7.15. The van der Waals surface area contributed by atoms with Crippen LogP contribution in [0.5, 0.6) is 0 Å². The second kappa shape index (κ2) is 8.95. The van der Waals surface area contributed by atoms with Crippen LogP contribution in [-0.4, -0.2) is 49.9 Å². The predicted octanol–water partition coefficient (Wildman–Crippen LogP) is 3.47. The summed E-state index contributed by atoms with van der Waals surface area (Å²) in [6.07, 6.45) is 5.84. The van der Waals surface area contributed by atoms with Crippen molar-refractivity contribution in [2.45, 2.75) is 25.1 Å². The standard InChI is InChI=1S/C24H23F2N7OS/c1-23(2,26)19-17(25)10-29-21(30-19)33-12-16-13-35-22(31-20(34)15-6-4-3-5-7-15)32-24(16,14-33)18-11-27-8-9-28-18/h3-11,16H,12-14H2,1-2H3,(H,31,32,34)/t16-,24?/m0/s1. The zero-order valence-electron chi connectivity index (χ0n) is 19.2. The predicted molar refractivity (Wildman–Crippen MR) is 129 cm³/mol. The Morgan fingerprint density at radius 1 is 1.20 bits per heavy atom. The Bertz CT molecular complexity index is 1270. The van der Waals surface area contributed by atoms with Crippen LogP contribution in [0.1, 0.15) is 35.6 Å². The average molecular weight is 496 g/mol. The second-order valence-corrected chi connectivity index (χ2v) is 9.99. The number of nitrogens with one attached hydrogen (secondary N) is 1. The fourth-order valence-corrected chi connectivity index (χ4v) is 5.52. The van der Waals surface area contributed by atoms with Gasteiger partial charge in [0.2, 0.25) is 5.95 Å². The van der Waals surface area contributed by atoms with Crippen molar-refractivity contribution in [3.8, 4) is 0 Å². The molecular formula is C24H23F2N7OS. The molecule has 1 fully saturated rings. The molecular weight excluding hydrogens is 472 g/mol. The monoisotopic (exact) mass is 495 g/mol. The maximum absolute atomic E-state index is 14.6. The first-order chi connectivity index (χ1) is 16.8. The van der Waals surface area contributed by atoms with Crippen LogP contribution in [0.15, 0.2) is 60.1 Å². The number of halogens is 2. The number of amidine groups is 1. The summed E-state index contributed by atoms with van der Waals surface area (Å²) in [5.41, 5.74) is -1.91. The molecule has 0 radical (unpaired) electrons. The number of amides is 1. The van der Waals surface area contributed by atoms with E-state index in [9.17, 15) is 13.6 Å². The molecule has 1 aromatic carbocycles. The third kappa shape index (κ3) is 4.47. The maximum Gasteiger partial charge on any atom is 0.257 e. The lowest BCUT2D eigenvalue weighted by molar-refractivity contribution is 0.0977. The highest BCUT2D eigenvalue weighted by atomic mass is 32.2. The van der Waals surface area contributed by atoms with E-state index in [2.05, 4.69) is 25.3 Å². The number of thioether (sulfide) groups is 1. The quantitative estimate of drug-likeness (QED) is 0.592. The van der Waals surface area contributed by atoms with Crippen molar-refractivity contribution in [2.24, 2.45) is 10.9 Å². The Morgan fingerprint density at radius 2 is 2.00 bits per heavy atom. The summed E-state index contributed by atoms with van der Waals surface area (Å²) >= 11 is 1.45. The van der Waals surface area contributed by atoms with E-state index in [1.165, 1.54) is 25.6 Å². The summed E-state index contributed by atoms with van der Waals surface area (Å²) in [5.74, 6) is -0.196. The summed E-state index contributed by atoms with van der Waals surface area (Å²) in [6, 6.07) is 8.91. The number of carbonyl (C=O) groups is 1. The number of nitrogens with zero attached hydrogens (tertiary/aromatic N) is 6. The Labute approximate surface area is 205 Å². The molecule has 2 aromatic heterocycles. The van der Waals surface area contributed by atoms with E-state index in [4.69, 9.17) is 4.99 Å². The fourth-order valence-electron chi connectivity index (χ4n) is 4.38. The van der Waals surface area contributed by atoms with Gasteiger partial charge in [-0.2, -0.15) is 0 Å². The molecule has 0 saturated carbocycles. The van der Waals surface area contributed by atoms with Crippen molar-refractivity contribution in [1.82, 2.24) is 25.3 Å². The van der Waals surface area contributed by atoms with E-state index >= 15 is 0 Å². The van der Waals surface area contributed by atoms with Crippen molar-refractivity contribution in [3.05, 3.63) is 77.9 Å². The van der Waals surface area contributed by atoms with E-state index in [-0.39, 0.29) is 23.5 Å². The molecule has 0 bridgehead atoms. The zero-order valence-corrected chi connectivity index (χ0v) is 20.0. The fraction of sp³-hybridized carbons (Fsp3) is 0.333. The smallest absolute Gasteiger partial charge is 0.257 e. The topological polar surface area (TPSA) is 96.3 Å². The van der Waals surface area contributed by atoms with Crippen LogP contribution in [0.4, 0.5) is 14.7 Å². The number of fused-ring (bicyclic) bond motifs is 1. The summed E-state index contributed by atoms with van der Waals surface area (Å²) in [4.78, 5) is 36.7. The van der Waals surface area contributed by atoms with Gasteiger partial charge in [-0.3, -0.25) is 14.8 Å². The minimum atomic E-state index is -1.96. The molecule has 2 atom stereocenters. The van der Waals surface area contributed by atoms with Crippen molar-refractivity contribution in [1.29, 1.82) is 0 Å². The summed E-state index contributed by atoms with van der Waals surface area (Å²) in [5, 5.41) is 3.39. The molecule has 3 aromatic rings. The SMILES string of the molecule is CC(C)(F)c1nc(N2C[C@H]3CSC(NC(=O)c4ccccc4)=NC3(c3cnccn3)C2)ncc1F. The molecule has 1 N–H and O–H groups in total. The molecule has 1 amide bonds. The molecule has 2 aliphatic rings. The minimum Gasteiger partial charge on any atom is -0.338 e. The van der Waals surface area contributed by atoms with Gasteiger partial charge >= 0.3 is 0 Å². The molecule has 1 unspecified atom stereocenters. The van der Waals surface area contributed by atoms with Gasteiger partial charge in [-0.25, -0.2) is 23.7 Å². The van der Waals surface area contributed by atoms with Gasteiger partial charge in [-0.05, 0) is 26.0 Å². The largest absolute Gasteiger partial charge is 0.338 e. The van der Waals surface area contributed by atoms with Gasteiger partial charge in [0.25, 0.3) is 5.91 Å². The highest BCUT2D eigenvalue weighted by molar-refractivity contribution is 8.13. The van der Waals surface area contributed by atoms with Crippen molar-refractivity contribution in [2.75, 3.05) is 23.7 Å². The molecule has 4 heterocycles. The van der Waals surface area contributed by atoms with Crippen LogP contribution >= 0.6 is 11.8 Å². The number of benzene rings is 1. The van der Waals surface area contributed by atoms with Gasteiger partial charge in [-0.1, -0.05) is 30.0 Å². The Balaban J connectivity index is 1.50. The summed E-state index contributed by atoms with van der Waals surface area (Å²) in [7, 11) is 0. The number of anilines is 1. The molecule has 0 spiro atoms. The number of hydrogen-bond acceptors (Lipinski definition) is 8. The van der Waals surface area contributed by atoms with Crippen LogP contribution in [0.2, 0.25) is 0 Å². The highest BCUT2D eigenvalue weighted by Crippen LogP contribution is 2.45. The van der Waals surface area contributed by atoms with Gasteiger partial charge in [0.15, 0.2) is 11.0 Å². The number of rotatable bonds is 4. The van der Waals surface area contributed by atoms with E-state index in [1.54, 1.807) is 42.9 Å². The molecule has 1 saturated heterocycles. The Morgan fingerprint density at radius 3 is 2.71 bits per heavy atom. The van der Waals surface area contributed by atoms with Crippen LogP contribution in [0.3, 0.4) is 0 Å². The lowest BCUT2D eigenvalue weighted by atomic mass is 9.86. The molecule has 0 aliphatic carbocycles. The van der Waals surface area contributed by atoms with E-state index in [1.807, 2.05) is 11.0 Å². The normalized spacial score (nSPS) is 21.9. The molecule has 5 rings (SSSR count). The highest BCUT2D eigenvalue weighted by Gasteiger charge is 2.52. The minimum absolute atomic E-state index is 0.0166. The van der Waals surface area contributed by atoms with Gasteiger partial charge in [-0.15, -0.1) is 0 Å². The van der Waals surface area contributed by atoms with Crippen LogP contribution in [0, 0.1) is 11.7 Å². The average Bonchev–Trinajstić information content (AvgIpc) is 3.25. The molecule has 8 nitrogen and oxygen atoms in total. The van der Waals surface area contributed by atoms with E-state index < -0.39 is 17.0 Å². The lowest BCUT2D eigenvalue weighted by Gasteiger charge is -2.34. The molecule has 35 heavy (non-hydrogen) atoms. The van der Waals surface area contributed by atoms with Gasteiger partial charge in [0, 0.05) is 36.2 Å². The van der Waals surface area contributed by atoms with E-state index in [0.29, 0.717) is 35.3 Å². The molecule has 180 valence electrons. The Kier molecular flexibility index (Phi) is 5.96. The van der Waals surface area contributed by atoms with Crippen molar-refractivity contribution < 1.29 is 13.6 Å². The lowest BCUT2D eigenvalue weighted by Crippen LogP contribution is -2.43. The van der Waals surface area contributed by atoms with Gasteiger partial charge in [0.1, 0.15) is 16.9 Å². The summed E-state index contributed by atoms with van der Waals surface area (Å²) < 4.78 is 28.8. The number of carbonyl (C=O) groups excluding carboxylic acids is 1. The van der Waals surface area contributed by atoms with Gasteiger partial charge < -0.3 is 10.2 Å². The number of aliphatic imine (C=N–C) groups is 1. The first-order valence-corrected chi connectivity index (χ1v) is 12.1. The Hall–Kier alpha value is -3.47. The first-order valence-electron chi connectivity index (χ1n) is 11.1. The van der Waals surface area contributed by atoms with Crippen LogP contribution < -0.4 is 10.2 Å². The summed E-state index contributed by atoms with van der Waals surface area (Å²) in [6.45, 7) is 3.34. The zero-order chi connectivity index (χ0) is 24.6. The number of aromatic nitrogens is 4. The van der Waals surface area contributed by atoms with Crippen LogP contribution in [-0.2, 0) is 11.2 Å². The van der Waals surface area contributed by atoms with Gasteiger partial charge in [0.05, 0.1) is 24.6 Å². The van der Waals surface area contributed by atoms with E-state index in [0.717, 1.165) is 6.20 Å². The molecule has 2 aliphatic heterocycles. The van der Waals surface area contributed by atoms with Crippen LogP contribution in [0.25, 0.3) is 0 Å². The second-order valence-electron chi connectivity index (χ2n) is 8.98. The van der Waals surface area contributed by atoms with Crippen molar-refractivity contribution in [3.63, 3.8) is 0 Å². The number of alkyl halides is 1. The number of hydrogen-bond donors (Lipinski definition) is 1.